The Bertz CT molecular complexity index is 1580. The largest absolute Gasteiger partial charge is 0.455 e. The van der Waals surface area contributed by atoms with Crippen molar-refractivity contribution in [1.82, 2.24) is 10.2 Å². The number of para-hydroxylation sites is 1. The molecule has 0 saturated carbocycles. The summed E-state index contributed by atoms with van der Waals surface area (Å²) >= 11 is 6.69. The number of likely N-dealkylation sites (tertiary alicyclic amines) is 1. The van der Waals surface area contributed by atoms with E-state index in [0.717, 1.165) is 5.56 Å². The van der Waals surface area contributed by atoms with E-state index < -0.39 is 59.5 Å². The molecule has 0 aliphatic carbocycles. The number of amides is 3. The molecular weight excluding hydrogens is 658 g/mol. The number of carbonyl (C=O) groups is 4. The summed E-state index contributed by atoms with van der Waals surface area (Å²) < 4.78 is 12.8. The molecule has 2 aromatic rings. The smallest absolute Gasteiger partial charge is 0.313 e. The fourth-order valence-electron chi connectivity index (χ4n) is 7.99. The standard InChI is InChI=1S/C39H48ClN3O7/c1-6-9-18-31(45)41-22-30(26-15-11-10-12-16-26)49-38(48)32-29-19-20-39(50-29)33(32)36(46)43(28(23-44)24(4)8-3)35(39)37(47)42(21-7-2)34-25(5)14-13-17-27(34)40/h6-7,10-17,24,28-30,32-33,35,44H,1-2,8-9,18-23H2,3-5H3,(H,41,45)/t24-,28-,29+,30-,32-,33-,35+,39-/m0/s1. The lowest BCUT2D eigenvalue weighted by molar-refractivity contribution is -0.161. The van der Waals surface area contributed by atoms with Crippen molar-refractivity contribution in [3.63, 3.8) is 0 Å². The first-order chi connectivity index (χ1) is 24.0. The Labute approximate surface area is 299 Å². The Hall–Kier alpha value is -3.99. The second-order valence-electron chi connectivity index (χ2n) is 13.5. The fraction of sp³-hybridized carbons (Fsp3) is 0.487. The van der Waals surface area contributed by atoms with Crippen LogP contribution in [0, 0.1) is 24.7 Å². The van der Waals surface area contributed by atoms with Crippen molar-refractivity contribution in [2.24, 2.45) is 17.8 Å². The van der Waals surface area contributed by atoms with Gasteiger partial charge in [-0.25, -0.2) is 0 Å². The Morgan fingerprint density at radius 3 is 2.56 bits per heavy atom. The summed E-state index contributed by atoms with van der Waals surface area (Å²) in [6, 6.07) is 12.6. The van der Waals surface area contributed by atoms with Gasteiger partial charge in [0.2, 0.25) is 11.8 Å². The quantitative estimate of drug-likeness (QED) is 0.179. The number of allylic oxidation sites excluding steroid dienone is 1. The molecular formula is C39H48ClN3O7. The number of aliphatic hydroxyl groups excluding tert-OH is 1. The highest BCUT2D eigenvalue weighted by molar-refractivity contribution is 6.34. The van der Waals surface area contributed by atoms with Crippen molar-refractivity contribution in [3.05, 3.63) is 90.0 Å². The number of esters is 1. The zero-order valence-electron chi connectivity index (χ0n) is 29.1. The van der Waals surface area contributed by atoms with Gasteiger partial charge in [0, 0.05) is 13.0 Å². The zero-order valence-corrected chi connectivity index (χ0v) is 29.8. The van der Waals surface area contributed by atoms with E-state index in [1.165, 1.54) is 9.80 Å². The average Bonchev–Trinajstić information content (AvgIpc) is 3.76. The van der Waals surface area contributed by atoms with Gasteiger partial charge in [-0.3, -0.25) is 19.2 Å². The maximum atomic E-state index is 15.0. The molecule has 0 unspecified atom stereocenters. The minimum atomic E-state index is -1.33. The van der Waals surface area contributed by atoms with Gasteiger partial charge < -0.3 is 29.7 Å². The third kappa shape index (κ3) is 6.85. The van der Waals surface area contributed by atoms with Gasteiger partial charge in [-0.1, -0.05) is 86.5 Å². The van der Waals surface area contributed by atoms with Crippen molar-refractivity contribution in [2.45, 2.75) is 82.8 Å². The Morgan fingerprint density at radius 1 is 1.18 bits per heavy atom. The molecule has 0 radical (unpaired) electrons. The van der Waals surface area contributed by atoms with Gasteiger partial charge in [0.1, 0.15) is 17.7 Å². The van der Waals surface area contributed by atoms with Crippen LogP contribution in [0.5, 0.6) is 0 Å². The molecule has 3 aliphatic rings. The summed E-state index contributed by atoms with van der Waals surface area (Å²) in [5.41, 5.74) is 0.613. The third-order valence-electron chi connectivity index (χ3n) is 10.6. The van der Waals surface area contributed by atoms with Crippen LogP contribution in [0.2, 0.25) is 5.02 Å². The highest BCUT2D eigenvalue weighted by Crippen LogP contribution is 2.60. The van der Waals surface area contributed by atoms with E-state index in [0.29, 0.717) is 42.0 Å². The van der Waals surface area contributed by atoms with E-state index in [4.69, 9.17) is 21.1 Å². The molecule has 50 heavy (non-hydrogen) atoms. The second kappa shape index (κ2) is 15.9. The van der Waals surface area contributed by atoms with Crippen molar-refractivity contribution in [1.29, 1.82) is 0 Å². The first-order valence-corrected chi connectivity index (χ1v) is 17.8. The molecule has 3 amide bonds. The summed E-state index contributed by atoms with van der Waals surface area (Å²) in [4.78, 5) is 59.6. The number of nitrogens with one attached hydrogen (secondary N) is 1. The van der Waals surface area contributed by atoms with Crippen molar-refractivity contribution in [3.8, 4) is 0 Å². The molecule has 8 atom stereocenters. The highest BCUT2D eigenvalue weighted by Gasteiger charge is 2.76. The SMILES string of the molecule is C=CCCC(=O)NC[C@H](OC(=O)[C@@H]1[C@H]2C(=O)N([C@@H](CO)[C@@H](C)CC)[C@H](C(=O)N(CC=C)c3c(C)cccc3Cl)[C@]23CC[C@H]1O3)c1ccccc1. The molecule has 268 valence electrons. The molecule has 5 rings (SSSR count). The number of aliphatic hydroxyl groups is 1. The van der Waals surface area contributed by atoms with Gasteiger partial charge in [-0.15, -0.1) is 13.2 Å². The number of rotatable bonds is 16. The Kier molecular flexibility index (Phi) is 11.9. The van der Waals surface area contributed by atoms with E-state index in [2.05, 4.69) is 18.5 Å². The molecule has 3 saturated heterocycles. The minimum Gasteiger partial charge on any atom is -0.455 e. The Balaban J connectivity index is 1.53. The van der Waals surface area contributed by atoms with Crippen LogP contribution < -0.4 is 10.2 Å². The lowest BCUT2D eigenvalue weighted by atomic mass is 9.70. The minimum absolute atomic E-state index is 0.0370. The monoisotopic (exact) mass is 705 g/mol. The normalized spacial score (nSPS) is 25.4. The topological polar surface area (TPSA) is 125 Å². The van der Waals surface area contributed by atoms with Crippen LogP contribution in [0.4, 0.5) is 5.69 Å². The van der Waals surface area contributed by atoms with Crippen molar-refractivity contribution in [2.75, 3.05) is 24.6 Å². The van der Waals surface area contributed by atoms with Crippen LogP contribution >= 0.6 is 11.6 Å². The predicted molar refractivity (Wildman–Crippen MR) is 191 cm³/mol. The van der Waals surface area contributed by atoms with Crippen LogP contribution in [0.25, 0.3) is 0 Å². The number of hydrogen-bond donors (Lipinski definition) is 2. The lowest BCUT2D eigenvalue weighted by Crippen LogP contribution is -2.60. The third-order valence-corrected chi connectivity index (χ3v) is 10.9. The number of hydrogen-bond acceptors (Lipinski definition) is 7. The summed E-state index contributed by atoms with van der Waals surface area (Å²) in [5, 5.41) is 14.0. The van der Waals surface area contributed by atoms with Gasteiger partial charge in [0.25, 0.3) is 5.91 Å². The highest BCUT2D eigenvalue weighted by atomic mass is 35.5. The first kappa shape index (κ1) is 37.3. The van der Waals surface area contributed by atoms with Crippen molar-refractivity contribution < 1.29 is 33.8 Å². The predicted octanol–water partition coefficient (Wildman–Crippen LogP) is 5.32. The van der Waals surface area contributed by atoms with Gasteiger partial charge in [0.05, 0.1) is 47.8 Å². The number of ether oxygens (including phenoxy) is 2. The maximum absolute atomic E-state index is 15.0. The molecule has 3 heterocycles. The number of aryl methyl sites for hydroxylation is 1. The second-order valence-corrected chi connectivity index (χ2v) is 14.0. The van der Waals surface area contributed by atoms with E-state index >= 15 is 4.79 Å². The van der Waals surface area contributed by atoms with Gasteiger partial charge >= 0.3 is 5.97 Å². The lowest BCUT2D eigenvalue weighted by Gasteiger charge is -2.41. The molecule has 1 spiro atoms. The molecule has 10 nitrogen and oxygen atoms in total. The fourth-order valence-corrected chi connectivity index (χ4v) is 8.31. The molecule has 2 aromatic carbocycles. The number of anilines is 1. The van der Waals surface area contributed by atoms with Crippen LogP contribution in [-0.4, -0.2) is 77.2 Å². The number of benzene rings is 2. The van der Waals surface area contributed by atoms with E-state index in [1.54, 1.807) is 24.3 Å². The molecule has 0 aromatic heterocycles. The number of carbonyl (C=O) groups excluding carboxylic acids is 4. The average molecular weight is 706 g/mol. The van der Waals surface area contributed by atoms with Gasteiger partial charge in [-0.05, 0) is 49.3 Å². The van der Waals surface area contributed by atoms with Gasteiger partial charge in [-0.2, -0.15) is 0 Å². The summed E-state index contributed by atoms with van der Waals surface area (Å²) in [7, 11) is 0. The molecule has 2 N–H and O–H groups in total. The molecule has 3 fully saturated rings. The summed E-state index contributed by atoms with van der Waals surface area (Å²) in [5.74, 6) is -3.86. The number of nitrogens with zero attached hydrogens (tertiary/aromatic N) is 2. The van der Waals surface area contributed by atoms with Crippen LogP contribution in [0.3, 0.4) is 0 Å². The first-order valence-electron chi connectivity index (χ1n) is 17.5. The van der Waals surface area contributed by atoms with Crippen LogP contribution in [0.15, 0.2) is 73.8 Å². The van der Waals surface area contributed by atoms with Crippen molar-refractivity contribution >= 4 is 41.0 Å². The van der Waals surface area contributed by atoms with Crippen LogP contribution in [0.1, 0.15) is 63.2 Å². The van der Waals surface area contributed by atoms with E-state index in [9.17, 15) is 19.5 Å². The van der Waals surface area contributed by atoms with Crippen LogP contribution in [-0.2, 0) is 28.7 Å². The van der Waals surface area contributed by atoms with Gasteiger partial charge in [0.15, 0.2) is 0 Å². The number of fused-ring (bicyclic) bond motifs is 1. The zero-order chi connectivity index (χ0) is 36.2. The molecule has 2 bridgehead atoms. The summed E-state index contributed by atoms with van der Waals surface area (Å²) in [6.45, 7) is 13.1. The molecule has 11 heteroatoms. The Morgan fingerprint density at radius 2 is 1.92 bits per heavy atom. The van der Waals surface area contributed by atoms with E-state index in [1.807, 2.05) is 57.2 Å². The maximum Gasteiger partial charge on any atom is 0.313 e. The summed E-state index contributed by atoms with van der Waals surface area (Å²) in [6.07, 6.45) is 3.99. The molecule has 3 aliphatic heterocycles. The van der Waals surface area contributed by atoms with E-state index in [-0.39, 0.29) is 37.9 Å². The number of halogens is 1.